The SMILES string of the molecule is Cc1ccc(Nc2nn3c(=O)c4ccc(Cl)cc4nc3s2)cc1C. The summed E-state index contributed by atoms with van der Waals surface area (Å²) in [5.41, 5.74) is 3.73. The predicted molar refractivity (Wildman–Crippen MR) is 98.8 cm³/mol. The van der Waals surface area contributed by atoms with Crippen LogP contribution in [0.4, 0.5) is 10.8 Å². The molecule has 0 aliphatic heterocycles. The highest BCUT2D eigenvalue weighted by Crippen LogP contribution is 2.24. The van der Waals surface area contributed by atoms with Gasteiger partial charge in [-0.15, -0.1) is 5.10 Å². The van der Waals surface area contributed by atoms with Crippen molar-refractivity contribution in [1.82, 2.24) is 14.6 Å². The predicted octanol–water partition coefficient (Wildman–Crippen LogP) is 4.32. The first kappa shape index (κ1) is 15.1. The Labute approximate surface area is 146 Å². The summed E-state index contributed by atoms with van der Waals surface area (Å²) in [5.74, 6) is 0. The molecule has 2 heterocycles. The standard InChI is InChI=1S/C17H13ClN4OS/c1-9-3-5-12(7-10(9)2)19-16-21-22-15(23)13-6-4-11(18)8-14(13)20-17(22)24-16/h3-8H,1-2H3,(H,19,21). The Balaban J connectivity index is 1.83. The average Bonchev–Trinajstić information content (AvgIpc) is 2.93. The van der Waals surface area contributed by atoms with Gasteiger partial charge in [-0.1, -0.05) is 29.0 Å². The minimum atomic E-state index is -0.198. The van der Waals surface area contributed by atoms with Gasteiger partial charge in [0.15, 0.2) is 0 Å². The lowest BCUT2D eigenvalue weighted by Crippen LogP contribution is -2.15. The monoisotopic (exact) mass is 356 g/mol. The highest BCUT2D eigenvalue weighted by atomic mass is 35.5. The van der Waals surface area contributed by atoms with Crippen molar-refractivity contribution >= 4 is 49.6 Å². The fraction of sp³-hybridized carbons (Fsp3) is 0.118. The molecule has 0 aliphatic rings. The van der Waals surface area contributed by atoms with Gasteiger partial charge in [-0.05, 0) is 55.3 Å². The Hall–Kier alpha value is -2.44. The Morgan fingerprint density at radius 3 is 2.75 bits per heavy atom. The number of nitrogens with one attached hydrogen (secondary N) is 1. The number of benzene rings is 2. The van der Waals surface area contributed by atoms with Gasteiger partial charge in [-0.25, -0.2) is 4.98 Å². The average molecular weight is 357 g/mol. The summed E-state index contributed by atoms with van der Waals surface area (Å²) in [4.78, 5) is 17.6. The number of aryl methyl sites for hydroxylation is 2. The molecule has 0 radical (unpaired) electrons. The van der Waals surface area contributed by atoms with E-state index in [1.54, 1.807) is 18.2 Å². The zero-order chi connectivity index (χ0) is 16.8. The first-order valence-electron chi connectivity index (χ1n) is 7.35. The molecule has 1 N–H and O–H groups in total. The fourth-order valence-electron chi connectivity index (χ4n) is 2.47. The number of aromatic nitrogens is 3. The summed E-state index contributed by atoms with van der Waals surface area (Å²) < 4.78 is 1.32. The molecule has 0 aliphatic carbocycles. The second-order valence-corrected chi connectivity index (χ2v) is 7.00. The number of fused-ring (bicyclic) bond motifs is 2. The van der Waals surface area contributed by atoms with E-state index < -0.39 is 0 Å². The van der Waals surface area contributed by atoms with E-state index in [1.165, 1.54) is 27.0 Å². The first-order chi connectivity index (χ1) is 11.5. The summed E-state index contributed by atoms with van der Waals surface area (Å²) in [5, 5.41) is 9.25. The molecule has 7 heteroatoms. The third-order valence-electron chi connectivity index (χ3n) is 3.92. The maximum absolute atomic E-state index is 12.6. The van der Waals surface area contributed by atoms with E-state index in [0.717, 1.165) is 5.69 Å². The van der Waals surface area contributed by atoms with Gasteiger partial charge in [0.1, 0.15) is 0 Å². The van der Waals surface area contributed by atoms with E-state index in [2.05, 4.69) is 29.2 Å². The molecule has 2 aromatic carbocycles. The lowest BCUT2D eigenvalue weighted by atomic mass is 10.1. The molecule has 2 aromatic heterocycles. The number of rotatable bonds is 2. The van der Waals surface area contributed by atoms with Crippen LogP contribution in [0.2, 0.25) is 5.02 Å². The van der Waals surface area contributed by atoms with Crippen molar-refractivity contribution in [3.8, 4) is 0 Å². The molecule has 5 nitrogen and oxygen atoms in total. The van der Waals surface area contributed by atoms with Gasteiger partial charge in [0.2, 0.25) is 10.1 Å². The van der Waals surface area contributed by atoms with Crippen molar-refractivity contribution in [2.45, 2.75) is 13.8 Å². The third-order valence-corrected chi connectivity index (χ3v) is 4.98. The van der Waals surface area contributed by atoms with Gasteiger partial charge in [-0.2, -0.15) is 4.52 Å². The zero-order valence-corrected chi connectivity index (χ0v) is 14.6. The quantitative estimate of drug-likeness (QED) is 0.581. The Kier molecular flexibility index (Phi) is 3.51. The molecular formula is C17H13ClN4OS. The third kappa shape index (κ3) is 2.53. The molecule has 0 amide bonds. The molecule has 0 saturated carbocycles. The molecule has 0 atom stereocenters. The zero-order valence-electron chi connectivity index (χ0n) is 13.0. The van der Waals surface area contributed by atoms with Crippen LogP contribution in [0.3, 0.4) is 0 Å². The minimum Gasteiger partial charge on any atom is -0.330 e. The van der Waals surface area contributed by atoms with Crippen LogP contribution in [-0.2, 0) is 0 Å². The van der Waals surface area contributed by atoms with Crippen LogP contribution >= 0.6 is 22.9 Å². The highest BCUT2D eigenvalue weighted by Gasteiger charge is 2.11. The molecule has 0 spiro atoms. The van der Waals surface area contributed by atoms with Gasteiger partial charge < -0.3 is 5.32 Å². The Morgan fingerprint density at radius 2 is 1.96 bits per heavy atom. The summed E-state index contributed by atoms with van der Waals surface area (Å²) in [6.07, 6.45) is 0. The van der Waals surface area contributed by atoms with E-state index in [0.29, 0.717) is 26.0 Å². The van der Waals surface area contributed by atoms with Crippen molar-refractivity contribution in [2.24, 2.45) is 0 Å². The molecule has 4 aromatic rings. The highest BCUT2D eigenvalue weighted by molar-refractivity contribution is 7.20. The van der Waals surface area contributed by atoms with Crippen LogP contribution in [0.5, 0.6) is 0 Å². The number of hydrogen-bond donors (Lipinski definition) is 1. The molecule has 0 bridgehead atoms. The van der Waals surface area contributed by atoms with E-state index in [4.69, 9.17) is 11.6 Å². The van der Waals surface area contributed by atoms with Gasteiger partial charge in [-0.3, -0.25) is 4.79 Å². The van der Waals surface area contributed by atoms with Crippen molar-refractivity contribution in [2.75, 3.05) is 5.32 Å². The smallest absolute Gasteiger partial charge is 0.283 e. The van der Waals surface area contributed by atoms with E-state index in [1.807, 2.05) is 18.2 Å². The maximum Gasteiger partial charge on any atom is 0.283 e. The number of anilines is 2. The molecule has 4 rings (SSSR count). The number of hydrogen-bond acceptors (Lipinski definition) is 5. The molecule has 24 heavy (non-hydrogen) atoms. The second kappa shape index (κ2) is 5.58. The lowest BCUT2D eigenvalue weighted by Gasteiger charge is -2.05. The Morgan fingerprint density at radius 1 is 1.12 bits per heavy atom. The van der Waals surface area contributed by atoms with E-state index >= 15 is 0 Å². The van der Waals surface area contributed by atoms with Gasteiger partial charge in [0.25, 0.3) is 5.56 Å². The summed E-state index contributed by atoms with van der Waals surface area (Å²) in [6.45, 7) is 4.12. The van der Waals surface area contributed by atoms with E-state index in [9.17, 15) is 4.79 Å². The molecule has 120 valence electrons. The van der Waals surface area contributed by atoms with Gasteiger partial charge in [0.05, 0.1) is 10.9 Å². The number of nitrogens with zero attached hydrogens (tertiary/aromatic N) is 3. The lowest BCUT2D eigenvalue weighted by molar-refractivity contribution is 0.919. The van der Waals surface area contributed by atoms with Crippen LogP contribution < -0.4 is 10.9 Å². The number of halogens is 1. The topological polar surface area (TPSA) is 59.3 Å². The van der Waals surface area contributed by atoms with Gasteiger partial charge >= 0.3 is 0 Å². The second-order valence-electron chi connectivity index (χ2n) is 5.60. The van der Waals surface area contributed by atoms with Crippen molar-refractivity contribution in [3.63, 3.8) is 0 Å². The molecule has 0 fully saturated rings. The van der Waals surface area contributed by atoms with E-state index in [-0.39, 0.29) is 5.56 Å². The summed E-state index contributed by atoms with van der Waals surface area (Å²) >= 11 is 7.31. The van der Waals surface area contributed by atoms with Crippen molar-refractivity contribution in [1.29, 1.82) is 0 Å². The minimum absolute atomic E-state index is 0.198. The summed E-state index contributed by atoms with van der Waals surface area (Å²) in [7, 11) is 0. The molecule has 0 saturated heterocycles. The van der Waals surface area contributed by atoms with Crippen LogP contribution in [-0.4, -0.2) is 14.6 Å². The van der Waals surface area contributed by atoms with Crippen molar-refractivity contribution < 1.29 is 0 Å². The fourth-order valence-corrected chi connectivity index (χ4v) is 3.46. The van der Waals surface area contributed by atoms with Crippen molar-refractivity contribution in [3.05, 3.63) is 62.9 Å². The normalized spacial score (nSPS) is 11.3. The van der Waals surface area contributed by atoms with Crippen LogP contribution in [0.25, 0.3) is 15.9 Å². The van der Waals surface area contributed by atoms with Crippen LogP contribution in [0.15, 0.2) is 41.2 Å². The summed E-state index contributed by atoms with van der Waals surface area (Å²) in [6, 6.07) is 11.1. The van der Waals surface area contributed by atoms with Crippen LogP contribution in [0, 0.1) is 13.8 Å². The van der Waals surface area contributed by atoms with Crippen LogP contribution in [0.1, 0.15) is 11.1 Å². The Bertz CT molecular complexity index is 1150. The molecular weight excluding hydrogens is 344 g/mol. The first-order valence-corrected chi connectivity index (χ1v) is 8.54. The van der Waals surface area contributed by atoms with Gasteiger partial charge in [0, 0.05) is 10.7 Å². The maximum atomic E-state index is 12.6. The largest absolute Gasteiger partial charge is 0.330 e. The molecule has 0 unspecified atom stereocenters.